The summed E-state index contributed by atoms with van der Waals surface area (Å²) in [6.07, 6.45) is 3.30. The van der Waals surface area contributed by atoms with E-state index in [2.05, 4.69) is 72.8 Å². The molecule has 1 aliphatic rings. The zero-order valence-electron chi connectivity index (χ0n) is 13.1. The molecule has 0 aliphatic carbocycles. The largest absolute Gasteiger partial charge is 0.485 e. The Morgan fingerprint density at radius 3 is 2.26 bits per heavy atom. The van der Waals surface area contributed by atoms with Crippen LogP contribution < -0.4 is 4.74 Å². The molecule has 0 saturated heterocycles. The summed E-state index contributed by atoms with van der Waals surface area (Å²) in [6.45, 7) is 0. The quantitative estimate of drug-likeness (QED) is 0.634. The van der Waals surface area contributed by atoms with Crippen LogP contribution in [0.4, 0.5) is 0 Å². The van der Waals surface area contributed by atoms with Crippen LogP contribution in [-0.4, -0.2) is 0 Å². The molecular formula is C22H20O. The second kappa shape index (κ2) is 6.29. The first-order chi connectivity index (χ1) is 11.4. The highest BCUT2D eigenvalue weighted by Crippen LogP contribution is 2.34. The minimum Gasteiger partial charge on any atom is -0.485 e. The van der Waals surface area contributed by atoms with E-state index < -0.39 is 0 Å². The van der Waals surface area contributed by atoms with Gasteiger partial charge in [-0.1, -0.05) is 72.8 Å². The molecule has 1 unspecified atom stereocenters. The third-order valence-electron chi connectivity index (χ3n) is 4.52. The van der Waals surface area contributed by atoms with Gasteiger partial charge in [-0.3, -0.25) is 0 Å². The van der Waals surface area contributed by atoms with Crippen molar-refractivity contribution in [2.75, 3.05) is 0 Å². The van der Waals surface area contributed by atoms with Gasteiger partial charge in [0.05, 0.1) is 0 Å². The number of aryl methyl sites for hydroxylation is 1. The lowest BCUT2D eigenvalue weighted by atomic mass is 9.96. The Morgan fingerprint density at radius 1 is 0.739 bits per heavy atom. The van der Waals surface area contributed by atoms with Crippen molar-refractivity contribution in [2.24, 2.45) is 0 Å². The van der Waals surface area contributed by atoms with E-state index in [0.29, 0.717) is 0 Å². The minimum atomic E-state index is 0.177. The summed E-state index contributed by atoms with van der Waals surface area (Å²) in [6, 6.07) is 27.9. The van der Waals surface area contributed by atoms with Crippen molar-refractivity contribution in [3.8, 4) is 5.75 Å². The van der Waals surface area contributed by atoms with E-state index in [0.717, 1.165) is 25.0 Å². The van der Waals surface area contributed by atoms with E-state index >= 15 is 0 Å². The van der Waals surface area contributed by atoms with E-state index in [1.165, 1.54) is 22.3 Å². The number of fused-ring (bicyclic) bond motifs is 1. The predicted octanol–water partition coefficient (Wildman–Crippen LogP) is 5.34. The van der Waals surface area contributed by atoms with Gasteiger partial charge in [-0.2, -0.15) is 0 Å². The highest BCUT2D eigenvalue weighted by molar-refractivity contribution is 5.37. The molecule has 0 amide bonds. The van der Waals surface area contributed by atoms with Crippen LogP contribution in [0.2, 0.25) is 0 Å². The SMILES string of the molecule is c1ccc(Cc2ccc(C3CCc4ccccc4O3)cc2)cc1. The fourth-order valence-electron chi connectivity index (χ4n) is 3.24. The first kappa shape index (κ1) is 14.1. The first-order valence-electron chi connectivity index (χ1n) is 8.26. The summed E-state index contributed by atoms with van der Waals surface area (Å²) >= 11 is 0. The molecule has 114 valence electrons. The zero-order chi connectivity index (χ0) is 15.5. The first-order valence-corrected chi connectivity index (χ1v) is 8.26. The Labute approximate surface area is 137 Å². The summed E-state index contributed by atoms with van der Waals surface area (Å²) in [7, 11) is 0. The minimum absolute atomic E-state index is 0.177. The number of hydrogen-bond donors (Lipinski definition) is 0. The Bertz CT molecular complexity index is 775. The third kappa shape index (κ3) is 3.14. The van der Waals surface area contributed by atoms with Gasteiger partial charge in [0.2, 0.25) is 0 Å². The van der Waals surface area contributed by atoms with Crippen LogP contribution in [0, 0.1) is 0 Å². The highest BCUT2D eigenvalue weighted by atomic mass is 16.5. The molecule has 1 aliphatic heterocycles. The maximum Gasteiger partial charge on any atom is 0.124 e. The maximum atomic E-state index is 6.18. The van der Waals surface area contributed by atoms with Crippen LogP contribution in [0.5, 0.6) is 5.75 Å². The molecule has 3 aromatic carbocycles. The average molecular weight is 300 g/mol. The fourth-order valence-corrected chi connectivity index (χ4v) is 3.24. The summed E-state index contributed by atoms with van der Waals surface area (Å²) in [4.78, 5) is 0. The molecule has 0 aromatic heterocycles. The summed E-state index contributed by atoms with van der Waals surface area (Å²) in [5, 5.41) is 0. The van der Waals surface area contributed by atoms with Crippen molar-refractivity contribution in [3.05, 3.63) is 101 Å². The van der Waals surface area contributed by atoms with Crippen LogP contribution in [0.25, 0.3) is 0 Å². The molecule has 0 radical (unpaired) electrons. The molecule has 0 fully saturated rings. The van der Waals surface area contributed by atoms with Crippen LogP contribution in [0.3, 0.4) is 0 Å². The van der Waals surface area contributed by atoms with Crippen LogP contribution in [0.1, 0.15) is 34.8 Å². The van der Waals surface area contributed by atoms with Gasteiger partial charge in [0.15, 0.2) is 0 Å². The van der Waals surface area contributed by atoms with Crippen molar-refractivity contribution in [3.63, 3.8) is 0 Å². The lowest BCUT2D eigenvalue weighted by molar-refractivity contribution is 0.176. The van der Waals surface area contributed by atoms with E-state index in [1.807, 2.05) is 6.07 Å². The van der Waals surface area contributed by atoms with E-state index in [9.17, 15) is 0 Å². The van der Waals surface area contributed by atoms with Crippen LogP contribution >= 0.6 is 0 Å². The van der Waals surface area contributed by atoms with E-state index in [4.69, 9.17) is 4.74 Å². The third-order valence-corrected chi connectivity index (χ3v) is 4.52. The maximum absolute atomic E-state index is 6.18. The van der Waals surface area contributed by atoms with Gasteiger partial charge in [-0.05, 0) is 47.6 Å². The number of ether oxygens (including phenoxy) is 1. The van der Waals surface area contributed by atoms with Gasteiger partial charge in [-0.15, -0.1) is 0 Å². The molecule has 1 atom stereocenters. The van der Waals surface area contributed by atoms with Gasteiger partial charge in [0, 0.05) is 0 Å². The van der Waals surface area contributed by atoms with E-state index in [-0.39, 0.29) is 6.10 Å². The molecule has 4 rings (SSSR count). The van der Waals surface area contributed by atoms with Crippen LogP contribution in [-0.2, 0) is 12.8 Å². The van der Waals surface area contributed by atoms with Crippen LogP contribution in [0.15, 0.2) is 78.9 Å². The van der Waals surface area contributed by atoms with Gasteiger partial charge in [0.25, 0.3) is 0 Å². The van der Waals surface area contributed by atoms with Gasteiger partial charge < -0.3 is 4.74 Å². The summed E-state index contributed by atoms with van der Waals surface area (Å²) in [5.74, 6) is 1.04. The van der Waals surface area contributed by atoms with Gasteiger partial charge >= 0.3 is 0 Å². The smallest absolute Gasteiger partial charge is 0.124 e. The predicted molar refractivity (Wildman–Crippen MR) is 93.8 cm³/mol. The van der Waals surface area contributed by atoms with Crippen molar-refractivity contribution in [2.45, 2.75) is 25.4 Å². The molecule has 1 nitrogen and oxygen atoms in total. The molecule has 0 N–H and O–H groups in total. The number of hydrogen-bond acceptors (Lipinski definition) is 1. The second-order valence-corrected chi connectivity index (χ2v) is 6.16. The molecule has 0 spiro atoms. The van der Waals surface area contributed by atoms with Crippen molar-refractivity contribution >= 4 is 0 Å². The van der Waals surface area contributed by atoms with Gasteiger partial charge in [0.1, 0.15) is 11.9 Å². The standard InChI is InChI=1S/C22H20O/c1-2-6-17(7-3-1)16-18-10-12-20(13-11-18)22-15-14-19-8-4-5-9-21(19)23-22/h1-13,22H,14-16H2. The van der Waals surface area contributed by atoms with Crippen molar-refractivity contribution in [1.82, 2.24) is 0 Å². The average Bonchev–Trinajstić information content (AvgIpc) is 2.63. The monoisotopic (exact) mass is 300 g/mol. The van der Waals surface area contributed by atoms with Crippen molar-refractivity contribution < 1.29 is 4.74 Å². The zero-order valence-corrected chi connectivity index (χ0v) is 13.1. The molecule has 23 heavy (non-hydrogen) atoms. The Kier molecular flexibility index (Phi) is 3.85. The molecule has 1 heteroatoms. The number of para-hydroxylation sites is 1. The van der Waals surface area contributed by atoms with Gasteiger partial charge in [-0.25, -0.2) is 0 Å². The lowest BCUT2D eigenvalue weighted by Gasteiger charge is -2.26. The molecule has 0 bridgehead atoms. The summed E-state index contributed by atoms with van der Waals surface area (Å²) in [5.41, 5.74) is 5.29. The second-order valence-electron chi connectivity index (χ2n) is 6.16. The molecule has 1 heterocycles. The Hall–Kier alpha value is -2.54. The Balaban J connectivity index is 1.49. The highest BCUT2D eigenvalue weighted by Gasteiger charge is 2.20. The summed E-state index contributed by atoms with van der Waals surface area (Å²) < 4.78 is 6.18. The lowest BCUT2D eigenvalue weighted by Crippen LogP contribution is -2.14. The number of rotatable bonds is 3. The fraction of sp³-hybridized carbons (Fsp3) is 0.182. The molecule has 0 saturated carbocycles. The molecular weight excluding hydrogens is 280 g/mol. The van der Waals surface area contributed by atoms with Crippen molar-refractivity contribution in [1.29, 1.82) is 0 Å². The normalized spacial score (nSPS) is 16.4. The topological polar surface area (TPSA) is 9.23 Å². The number of benzene rings is 3. The molecule has 3 aromatic rings. The Morgan fingerprint density at radius 2 is 1.43 bits per heavy atom. The van der Waals surface area contributed by atoms with E-state index in [1.54, 1.807) is 0 Å².